The Morgan fingerprint density at radius 2 is 1.27 bits per heavy atom. The molecule has 0 saturated heterocycles. The van der Waals surface area contributed by atoms with Crippen LogP contribution in [-0.4, -0.2) is 0 Å². The van der Waals surface area contributed by atoms with Crippen molar-refractivity contribution < 1.29 is 49.5 Å². The van der Waals surface area contributed by atoms with Crippen LogP contribution in [0.4, 0.5) is 0 Å². The first kappa shape index (κ1) is 19.4. The zero-order valence-electron chi connectivity index (χ0n) is 12.4. The van der Waals surface area contributed by atoms with Gasteiger partial charge in [0.1, 0.15) is 0 Å². The largest absolute Gasteiger partial charge is 1.00 e. The summed E-state index contributed by atoms with van der Waals surface area (Å²) in [5.74, 6) is 0. The molecule has 0 fully saturated rings. The Morgan fingerprint density at radius 3 is 1.64 bits per heavy atom. The van der Waals surface area contributed by atoms with E-state index in [0.29, 0.717) is 0 Å². The predicted molar refractivity (Wildman–Crippen MR) is 80.1 cm³/mol. The number of hydrogen-bond acceptors (Lipinski definition) is 0. The van der Waals surface area contributed by atoms with Gasteiger partial charge in [0.05, 0.1) is 0 Å². The Balaban J connectivity index is 0.00000121. The second-order valence-electron chi connectivity index (χ2n) is 5.36. The fraction of sp³-hybridized carbons (Fsp3) is 0.158. The van der Waals surface area contributed by atoms with Crippen molar-refractivity contribution in [2.45, 2.75) is 18.8 Å². The fourth-order valence-corrected chi connectivity index (χ4v) is 4.10. The molecule has 2 aromatic carbocycles. The van der Waals surface area contributed by atoms with Crippen LogP contribution in [0.3, 0.4) is 0 Å². The summed E-state index contributed by atoms with van der Waals surface area (Å²) in [5, 5.41) is 0. The third-order valence-corrected chi connectivity index (χ3v) is 5.34. The molecule has 0 N–H and O–H groups in total. The minimum absolute atomic E-state index is 0. The molecule has 0 heterocycles. The maximum atomic E-state index is 2.35. The van der Waals surface area contributed by atoms with Gasteiger partial charge in [-0.05, 0) is 0 Å². The van der Waals surface area contributed by atoms with E-state index in [1.807, 2.05) is 0 Å². The molecule has 3 rings (SSSR count). The molecule has 0 radical (unpaired) electrons. The summed E-state index contributed by atoms with van der Waals surface area (Å²) >= 11 is 1.53. The molecule has 0 atom stereocenters. The fourth-order valence-electron chi connectivity index (χ4n) is 2.99. The van der Waals surface area contributed by atoms with Crippen molar-refractivity contribution >= 4 is 0 Å². The van der Waals surface area contributed by atoms with E-state index < -0.39 is 0 Å². The Kier molecular flexibility index (Phi) is 7.33. The van der Waals surface area contributed by atoms with Crippen LogP contribution < -0.4 is 24.8 Å². The Hall–Kier alpha value is -0.617. The summed E-state index contributed by atoms with van der Waals surface area (Å²) < 4.78 is 1.56. The molecule has 0 aliphatic heterocycles. The average Bonchev–Trinajstić information content (AvgIpc) is 2.95. The van der Waals surface area contributed by atoms with E-state index in [4.69, 9.17) is 0 Å². The maximum absolute atomic E-state index is 2.35. The molecule has 0 bridgehead atoms. The van der Waals surface area contributed by atoms with Crippen molar-refractivity contribution in [3.05, 3.63) is 92.8 Å². The summed E-state index contributed by atoms with van der Waals surface area (Å²) in [6.45, 7) is 2.35. The van der Waals surface area contributed by atoms with Gasteiger partial charge in [-0.3, -0.25) is 0 Å². The molecule has 3 heteroatoms. The molecule has 22 heavy (non-hydrogen) atoms. The molecule has 0 unspecified atom stereocenters. The molecule has 1 aliphatic rings. The summed E-state index contributed by atoms with van der Waals surface area (Å²) in [6, 6.07) is 21.7. The second kappa shape index (κ2) is 8.30. The molecule has 0 aromatic heterocycles. The first-order chi connectivity index (χ1) is 9.73. The van der Waals surface area contributed by atoms with Crippen LogP contribution in [0.25, 0.3) is 0 Å². The quantitative estimate of drug-likeness (QED) is 0.598. The Bertz CT molecular complexity index is 621. The van der Waals surface area contributed by atoms with E-state index >= 15 is 0 Å². The van der Waals surface area contributed by atoms with E-state index in [-0.39, 0.29) is 30.2 Å². The normalized spacial score (nSPS) is 13.6. The van der Waals surface area contributed by atoms with Crippen LogP contribution in [0.5, 0.6) is 0 Å². The van der Waals surface area contributed by atoms with Crippen LogP contribution >= 0.6 is 0 Å². The van der Waals surface area contributed by atoms with E-state index in [1.165, 1.54) is 41.4 Å². The van der Waals surface area contributed by atoms with Crippen LogP contribution in [0, 0.1) is 0 Å². The molecular formula is C19H17Cl2Zr. The average molecular weight is 407 g/mol. The molecule has 1 aliphatic carbocycles. The van der Waals surface area contributed by atoms with Crippen molar-refractivity contribution in [2.75, 3.05) is 0 Å². The molecule has 0 saturated carbocycles. The van der Waals surface area contributed by atoms with Crippen molar-refractivity contribution in [3.63, 3.8) is 0 Å². The van der Waals surface area contributed by atoms with Crippen LogP contribution in [0.1, 0.15) is 24.5 Å². The van der Waals surface area contributed by atoms with E-state index in [1.54, 1.807) is 3.28 Å². The van der Waals surface area contributed by atoms with Crippen molar-refractivity contribution in [2.24, 2.45) is 0 Å². The van der Waals surface area contributed by atoms with E-state index in [2.05, 4.69) is 79.7 Å². The third kappa shape index (κ3) is 3.48. The van der Waals surface area contributed by atoms with Gasteiger partial charge in [0, 0.05) is 0 Å². The van der Waals surface area contributed by atoms with E-state index in [0.717, 1.165) is 6.42 Å². The molecule has 2 aromatic rings. The van der Waals surface area contributed by atoms with E-state index in [9.17, 15) is 0 Å². The summed E-state index contributed by atoms with van der Waals surface area (Å²) in [5.41, 5.74) is 4.17. The number of halogens is 2. The molecule has 111 valence electrons. The van der Waals surface area contributed by atoms with Gasteiger partial charge in [0.15, 0.2) is 0 Å². The predicted octanol–water partition coefficient (Wildman–Crippen LogP) is -1.24. The third-order valence-electron chi connectivity index (χ3n) is 4.17. The van der Waals surface area contributed by atoms with Gasteiger partial charge in [0.2, 0.25) is 0 Å². The van der Waals surface area contributed by atoms with Crippen LogP contribution in [-0.2, 0) is 30.1 Å². The van der Waals surface area contributed by atoms with Crippen molar-refractivity contribution in [1.82, 2.24) is 0 Å². The first-order valence-electron chi connectivity index (χ1n) is 6.96. The van der Waals surface area contributed by atoms with Crippen LogP contribution in [0.15, 0.2) is 81.7 Å². The topological polar surface area (TPSA) is 0 Å². The minimum Gasteiger partial charge on any atom is -1.00 e. The van der Waals surface area contributed by atoms with Gasteiger partial charge in [-0.25, -0.2) is 0 Å². The Morgan fingerprint density at radius 1 is 0.818 bits per heavy atom. The summed E-state index contributed by atoms with van der Waals surface area (Å²) in [6.07, 6.45) is 5.73. The van der Waals surface area contributed by atoms with Gasteiger partial charge in [-0.15, -0.1) is 0 Å². The van der Waals surface area contributed by atoms with Gasteiger partial charge in [0.25, 0.3) is 0 Å². The minimum atomic E-state index is -0.0473. The molecule has 0 amide bonds. The zero-order chi connectivity index (χ0) is 14.0. The number of hydrogen-bond donors (Lipinski definition) is 0. The maximum Gasteiger partial charge on any atom is -1.00 e. The summed E-state index contributed by atoms with van der Waals surface area (Å²) in [7, 11) is 0. The standard InChI is InChI=1S/C19H17.2ClH.Zr/c1-19(18-14-8-9-15-18,16-10-4-2-5-11-16)17-12-6-3-7-13-17;;;/h2-8,10-14H,9H2,1H3;2*1H;/q;;;+2/p-2. The van der Waals surface area contributed by atoms with Crippen molar-refractivity contribution in [1.29, 1.82) is 0 Å². The zero-order valence-corrected chi connectivity index (χ0v) is 16.4. The van der Waals surface area contributed by atoms with Gasteiger partial charge in [-0.1, -0.05) is 0 Å². The monoisotopic (exact) mass is 405 g/mol. The van der Waals surface area contributed by atoms with Gasteiger partial charge < -0.3 is 24.8 Å². The first-order valence-corrected chi connectivity index (χ1v) is 8.18. The summed E-state index contributed by atoms with van der Waals surface area (Å²) in [4.78, 5) is 0. The SMILES string of the molecule is CC(C1=[C]([Zr+2])CC=C1)(c1ccccc1)c1ccccc1.[Cl-].[Cl-]. The second-order valence-corrected chi connectivity index (χ2v) is 6.84. The number of benzene rings is 2. The Labute approximate surface area is 160 Å². The number of rotatable bonds is 3. The molecule has 0 nitrogen and oxygen atoms in total. The smallest absolute Gasteiger partial charge is 1.00 e. The van der Waals surface area contributed by atoms with Crippen molar-refractivity contribution in [3.8, 4) is 0 Å². The van der Waals surface area contributed by atoms with Gasteiger partial charge >= 0.3 is 136 Å². The number of allylic oxidation sites excluding steroid dienone is 4. The molecule has 0 spiro atoms. The molecular weight excluding hydrogens is 390 g/mol. The van der Waals surface area contributed by atoms with Gasteiger partial charge in [-0.2, -0.15) is 0 Å². The van der Waals surface area contributed by atoms with Crippen LogP contribution in [0.2, 0.25) is 0 Å².